The normalized spacial score (nSPS) is 14.3. The average Bonchev–Trinajstić information content (AvgIpc) is 2.78. The molecule has 0 spiro atoms. The van der Waals surface area contributed by atoms with E-state index in [9.17, 15) is 18.4 Å². The molecular formula is C18H17F3N3O+. The number of anilines is 1. The number of nitrogens with two attached hydrogens (primary N) is 1. The quantitative estimate of drug-likeness (QED) is 0.839. The van der Waals surface area contributed by atoms with Gasteiger partial charge >= 0.3 is 6.36 Å². The Balaban J connectivity index is 2.10. The molecule has 0 unspecified atom stereocenters. The van der Waals surface area contributed by atoms with Crippen molar-refractivity contribution in [3.63, 3.8) is 0 Å². The lowest BCUT2D eigenvalue weighted by atomic mass is 9.92. The maximum atomic E-state index is 12.3. The number of pyridine rings is 1. The highest BCUT2D eigenvalue weighted by Crippen LogP contribution is 2.35. The molecule has 0 aliphatic heterocycles. The monoisotopic (exact) mass is 348 g/mol. The Morgan fingerprint density at radius 2 is 1.76 bits per heavy atom. The zero-order valence-corrected chi connectivity index (χ0v) is 13.4. The van der Waals surface area contributed by atoms with Crippen LogP contribution in [-0.4, -0.2) is 6.36 Å². The molecule has 0 atom stereocenters. The molecule has 4 nitrogen and oxygen atoms in total. The summed E-state index contributed by atoms with van der Waals surface area (Å²) >= 11 is 0. The topological polar surface area (TPSA) is 73.2 Å². The second-order valence-corrected chi connectivity index (χ2v) is 5.99. The molecule has 0 fully saturated rings. The number of nitriles is 1. The number of nitrogens with one attached hydrogen (secondary N) is 1. The van der Waals surface area contributed by atoms with Crippen molar-refractivity contribution in [3.05, 3.63) is 41.1 Å². The summed E-state index contributed by atoms with van der Waals surface area (Å²) < 4.78 is 40.9. The van der Waals surface area contributed by atoms with E-state index in [1.807, 2.05) is 0 Å². The van der Waals surface area contributed by atoms with Crippen molar-refractivity contribution >= 4 is 5.82 Å². The molecule has 0 bridgehead atoms. The van der Waals surface area contributed by atoms with Gasteiger partial charge in [0, 0.05) is 17.5 Å². The minimum Gasteiger partial charge on any atom is -0.406 e. The van der Waals surface area contributed by atoms with Gasteiger partial charge in [-0.05, 0) is 37.0 Å². The number of hydrogen-bond donors (Lipinski definition) is 1. The number of aryl methyl sites for hydroxylation is 1. The SMILES string of the molecule is N#Cc1c(N)[nH+]c2c(c1-c1ccc(OC(F)(F)F)cc1)CCCCC2. The lowest BCUT2D eigenvalue weighted by Gasteiger charge is -2.14. The van der Waals surface area contributed by atoms with Crippen LogP contribution in [0, 0.1) is 11.3 Å². The summed E-state index contributed by atoms with van der Waals surface area (Å²) in [6, 6.07) is 7.68. The fourth-order valence-corrected chi connectivity index (χ4v) is 3.26. The molecule has 1 heterocycles. The number of nitrogen functional groups attached to an aromatic ring is 1. The Bertz CT molecular complexity index is 823. The number of rotatable bonds is 2. The fraction of sp³-hybridized carbons (Fsp3) is 0.333. The van der Waals surface area contributed by atoms with Crippen LogP contribution in [0.1, 0.15) is 36.1 Å². The van der Waals surface area contributed by atoms with Crippen molar-refractivity contribution in [2.24, 2.45) is 0 Å². The Labute approximate surface area is 143 Å². The largest absolute Gasteiger partial charge is 0.573 e. The van der Waals surface area contributed by atoms with Gasteiger partial charge in [-0.1, -0.05) is 18.6 Å². The van der Waals surface area contributed by atoms with Crippen LogP contribution in [0.25, 0.3) is 11.1 Å². The van der Waals surface area contributed by atoms with E-state index in [0.29, 0.717) is 16.7 Å². The summed E-state index contributed by atoms with van der Waals surface area (Å²) in [7, 11) is 0. The predicted octanol–water partition coefficient (Wildman–Crippen LogP) is 3.79. The van der Waals surface area contributed by atoms with Gasteiger partial charge in [0.05, 0.1) is 0 Å². The Kier molecular flexibility index (Phi) is 4.53. The van der Waals surface area contributed by atoms with Crippen LogP contribution in [-0.2, 0) is 12.8 Å². The van der Waals surface area contributed by atoms with E-state index in [-0.39, 0.29) is 11.6 Å². The van der Waals surface area contributed by atoms with E-state index in [2.05, 4.69) is 15.8 Å². The van der Waals surface area contributed by atoms with E-state index < -0.39 is 6.36 Å². The minimum absolute atomic E-state index is 0.286. The van der Waals surface area contributed by atoms with Crippen molar-refractivity contribution < 1.29 is 22.9 Å². The first-order chi connectivity index (χ1) is 11.9. The number of ether oxygens (including phenoxy) is 1. The first-order valence-electron chi connectivity index (χ1n) is 8.02. The Morgan fingerprint density at radius 3 is 2.40 bits per heavy atom. The summed E-state index contributed by atoms with van der Waals surface area (Å²) in [5.74, 6) is -0.00918. The van der Waals surface area contributed by atoms with E-state index in [1.54, 1.807) is 0 Å². The molecule has 0 radical (unpaired) electrons. The van der Waals surface area contributed by atoms with Gasteiger partial charge in [0.2, 0.25) is 0 Å². The highest BCUT2D eigenvalue weighted by Gasteiger charge is 2.31. The summed E-state index contributed by atoms with van der Waals surface area (Å²) in [5, 5.41) is 9.52. The van der Waals surface area contributed by atoms with Crippen molar-refractivity contribution in [1.29, 1.82) is 5.26 Å². The second-order valence-electron chi connectivity index (χ2n) is 5.99. The van der Waals surface area contributed by atoms with Crippen molar-refractivity contribution in [3.8, 4) is 22.9 Å². The molecule has 1 aromatic carbocycles. The van der Waals surface area contributed by atoms with Gasteiger partial charge in [0.1, 0.15) is 23.1 Å². The summed E-state index contributed by atoms with van der Waals surface area (Å²) in [6.45, 7) is 0. The number of H-pyrrole nitrogens is 1. The lowest BCUT2D eigenvalue weighted by Crippen LogP contribution is -2.22. The van der Waals surface area contributed by atoms with Gasteiger partial charge in [-0.25, -0.2) is 4.98 Å². The molecule has 1 aromatic heterocycles. The van der Waals surface area contributed by atoms with Crippen molar-refractivity contribution in [2.45, 2.75) is 38.5 Å². The van der Waals surface area contributed by atoms with Gasteiger partial charge in [-0.3, -0.25) is 5.73 Å². The van der Waals surface area contributed by atoms with Crippen LogP contribution < -0.4 is 15.5 Å². The summed E-state index contributed by atoms with van der Waals surface area (Å²) in [5.41, 5.74) is 9.71. The van der Waals surface area contributed by atoms with Crippen LogP contribution in [0.2, 0.25) is 0 Å². The zero-order chi connectivity index (χ0) is 18.0. The van der Waals surface area contributed by atoms with Gasteiger partial charge in [0.25, 0.3) is 5.82 Å². The van der Waals surface area contributed by atoms with Crippen molar-refractivity contribution in [2.75, 3.05) is 5.73 Å². The molecule has 25 heavy (non-hydrogen) atoms. The third-order valence-corrected chi connectivity index (χ3v) is 4.31. The Hall–Kier alpha value is -2.75. The fourth-order valence-electron chi connectivity index (χ4n) is 3.26. The number of nitrogens with zero attached hydrogens (tertiary/aromatic N) is 1. The first-order valence-corrected chi connectivity index (χ1v) is 8.02. The number of halogens is 3. The number of benzene rings is 1. The third kappa shape index (κ3) is 3.68. The number of aromatic amines is 1. The van der Waals surface area contributed by atoms with Crippen LogP contribution in [0.5, 0.6) is 5.75 Å². The number of aromatic nitrogens is 1. The first kappa shape index (κ1) is 17.1. The van der Waals surface area contributed by atoms with Crippen LogP contribution in [0.3, 0.4) is 0 Å². The Morgan fingerprint density at radius 1 is 1.08 bits per heavy atom. The summed E-state index contributed by atoms with van der Waals surface area (Å²) in [4.78, 5) is 3.12. The molecule has 0 amide bonds. The van der Waals surface area contributed by atoms with Gasteiger partial charge < -0.3 is 4.74 Å². The molecule has 7 heteroatoms. The molecule has 1 aliphatic carbocycles. The van der Waals surface area contributed by atoms with E-state index in [4.69, 9.17) is 5.73 Å². The maximum absolute atomic E-state index is 12.3. The van der Waals surface area contributed by atoms with Gasteiger partial charge in [0.15, 0.2) is 0 Å². The molecular weight excluding hydrogens is 331 g/mol. The summed E-state index contributed by atoms with van der Waals surface area (Å²) in [6.07, 6.45) is 0.0274. The smallest absolute Gasteiger partial charge is 0.406 e. The highest BCUT2D eigenvalue weighted by atomic mass is 19.4. The minimum atomic E-state index is -4.73. The van der Waals surface area contributed by atoms with E-state index >= 15 is 0 Å². The number of hydrogen-bond acceptors (Lipinski definition) is 3. The van der Waals surface area contributed by atoms with E-state index in [0.717, 1.165) is 43.4 Å². The highest BCUT2D eigenvalue weighted by molar-refractivity contribution is 5.78. The molecule has 0 saturated heterocycles. The molecule has 1 aliphatic rings. The average molecular weight is 348 g/mol. The molecule has 2 aromatic rings. The second kappa shape index (κ2) is 6.63. The number of alkyl halides is 3. The van der Waals surface area contributed by atoms with Crippen LogP contribution in [0.15, 0.2) is 24.3 Å². The van der Waals surface area contributed by atoms with Gasteiger partial charge in [-0.2, -0.15) is 5.26 Å². The molecule has 3 N–H and O–H groups in total. The number of fused-ring (bicyclic) bond motifs is 1. The van der Waals surface area contributed by atoms with E-state index in [1.165, 1.54) is 24.3 Å². The van der Waals surface area contributed by atoms with Crippen LogP contribution >= 0.6 is 0 Å². The molecule has 130 valence electrons. The zero-order valence-electron chi connectivity index (χ0n) is 13.4. The molecule has 0 saturated carbocycles. The predicted molar refractivity (Wildman–Crippen MR) is 85.5 cm³/mol. The van der Waals surface area contributed by atoms with Crippen LogP contribution in [0.4, 0.5) is 19.0 Å². The maximum Gasteiger partial charge on any atom is 0.573 e. The third-order valence-electron chi connectivity index (χ3n) is 4.31. The lowest BCUT2D eigenvalue weighted by molar-refractivity contribution is -0.373. The van der Waals surface area contributed by atoms with Crippen molar-refractivity contribution in [1.82, 2.24) is 0 Å². The standard InChI is InChI=1S/C18H16F3N3O/c19-18(20,21)25-12-8-6-11(7-9-12)16-13-4-2-1-3-5-15(13)24-17(23)14(16)10-22/h6-9H,1-5H2,(H2,23,24)/p+1. The van der Waals surface area contributed by atoms with Gasteiger partial charge in [-0.15, -0.1) is 13.2 Å². The molecule has 3 rings (SSSR count).